The number of alkyl halides is 1. The van der Waals surface area contributed by atoms with Gasteiger partial charge in [-0.1, -0.05) is 0 Å². The van der Waals surface area contributed by atoms with Gasteiger partial charge in [0.1, 0.15) is 0 Å². The highest BCUT2D eigenvalue weighted by Crippen LogP contribution is 2.13. The number of rotatable bonds is 4. The molecule has 0 fully saturated rings. The third-order valence-electron chi connectivity index (χ3n) is 1.85. The van der Waals surface area contributed by atoms with Gasteiger partial charge in [0, 0.05) is 11.4 Å². The highest BCUT2D eigenvalue weighted by Gasteiger charge is 2.14. The summed E-state index contributed by atoms with van der Waals surface area (Å²) in [6, 6.07) is 3.08. The first-order chi connectivity index (χ1) is 6.99. The number of carbonyl (C=O) groups excluding carboxylic acids is 1. The second-order valence-corrected chi connectivity index (χ2v) is 4.61. The molecule has 1 amide bonds. The highest BCUT2D eigenvalue weighted by atomic mass is 35.5. The van der Waals surface area contributed by atoms with Crippen molar-refractivity contribution in [1.29, 1.82) is 0 Å². The molecule has 1 N–H and O–H groups in total. The molecular formula is C10H13Cl2NO2. The van der Waals surface area contributed by atoms with Crippen molar-refractivity contribution in [3.8, 4) is 0 Å². The van der Waals surface area contributed by atoms with E-state index in [-0.39, 0.29) is 28.3 Å². The highest BCUT2D eigenvalue weighted by molar-refractivity contribution is 6.29. The van der Waals surface area contributed by atoms with Crippen LogP contribution in [-0.4, -0.2) is 17.3 Å². The molecule has 0 aliphatic rings. The molecule has 5 heteroatoms. The minimum atomic E-state index is -0.272. The summed E-state index contributed by atoms with van der Waals surface area (Å²) in [7, 11) is 0. The number of hydrogen-bond donors (Lipinski definition) is 1. The third kappa shape index (κ3) is 4.14. The first-order valence-electron chi connectivity index (χ1n) is 4.69. The summed E-state index contributed by atoms with van der Waals surface area (Å²) in [4.78, 5) is 11.5. The minimum absolute atomic E-state index is 0.00822. The van der Waals surface area contributed by atoms with E-state index >= 15 is 0 Å². The molecule has 0 bridgehead atoms. The summed E-state index contributed by atoms with van der Waals surface area (Å²) in [5.41, 5.74) is 0. The van der Waals surface area contributed by atoms with Gasteiger partial charge in [0.05, 0.1) is 0 Å². The maximum absolute atomic E-state index is 11.5. The zero-order chi connectivity index (χ0) is 11.4. The molecule has 0 radical (unpaired) electrons. The lowest BCUT2D eigenvalue weighted by Crippen LogP contribution is -2.33. The van der Waals surface area contributed by atoms with Crippen molar-refractivity contribution in [3.05, 3.63) is 23.1 Å². The molecule has 0 saturated carbocycles. The van der Waals surface area contributed by atoms with E-state index in [4.69, 9.17) is 27.6 Å². The van der Waals surface area contributed by atoms with Crippen LogP contribution in [0.5, 0.6) is 0 Å². The van der Waals surface area contributed by atoms with Crippen LogP contribution in [0, 0.1) is 0 Å². The van der Waals surface area contributed by atoms with Gasteiger partial charge in [-0.2, -0.15) is 0 Å². The zero-order valence-electron chi connectivity index (χ0n) is 8.59. The quantitative estimate of drug-likeness (QED) is 0.834. The molecule has 15 heavy (non-hydrogen) atoms. The first-order valence-corrected chi connectivity index (χ1v) is 5.50. The maximum atomic E-state index is 11.5. The lowest BCUT2D eigenvalue weighted by molar-refractivity contribution is 0.0910. The Kier molecular flexibility index (Phi) is 4.48. The van der Waals surface area contributed by atoms with Gasteiger partial charge in [-0.3, -0.25) is 4.79 Å². The molecule has 0 saturated heterocycles. The van der Waals surface area contributed by atoms with Crippen molar-refractivity contribution < 1.29 is 9.21 Å². The molecule has 0 aliphatic heterocycles. The van der Waals surface area contributed by atoms with Gasteiger partial charge in [-0.05, 0) is 44.0 Å². The lowest BCUT2D eigenvalue weighted by Gasteiger charge is -2.13. The maximum Gasteiger partial charge on any atom is 0.287 e. The van der Waals surface area contributed by atoms with Gasteiger partial charge >= 0.3 is 0 Å². The molecule has 1 rings (SSSR count). The second-order valence-electron chi connectivity index (χ2n) is 3.49. The molecule has 1 aromatic rings. The van der Waals surface area contributed by atoms with Crippen molar-refractivity contribution in [2.45, 2.75) is 31.7 Å². The molecule has 1 heterocycles. The number of hydrogen-bond acceptors (Lipinski definition) is 2. The van der Waals surface area contributed by atoms with E-state index in [0.29, 0.717) is 6.42 Å². The van der Waals surface area contributed by atoms with Gasteiger partial charge in [0.15, 0.2) is 11.0 Å². The predicted octanol–water partition coefficient (Wildman–Crippen LogP) is 3.07. The Morgan fingerprint density at radius 1 is 1.53 bits per heavy atom. The van der Waals surface area contributed by atoms with E-state index in [1.54, 1.807) is 0 Å². The minimum Gasteiger partial charge on any atom is -0.440 e. The fourth-order valence-electron chi connectivity index (χ4n) is 1.28. The Bertz CT molecular complexity index is 336. The van der Waals surface area contributed by atoms with E-state index in [1.807, 2.05) is 13.8 Å². The molecule has 0 spiro atoms. The van der Waals surface area contributed by atoms with E-state index in [9.17, 15) is 4.79 Å². The average Bonchev–Trinajstić information content (AvgIpc) is 2.49. The molecule has 3 nitrogen and oxygen atoms in total. The van der Waals surface area contributed by atoms with Gasteiger partial charge in [0.2, 0.25) is 0 Å². The Hall–Kier alpha value is -0.670. The topological polar surface area (TPSA) is 42.2 Å². The third-order valence-corrected chi connectivity index (χ3v) is 2.23. The number of furan rings is 1. The number of carbonyl (C=O) groups is 1. The SMILES string of the molecule is CC(Cl)CC(C)NC(=O)c1ccc(Cl)o1. The van der Waals surface area contributed by atoms with E-state index in [0.717, 1.165) is 0 Å². The summed E-state index contributed by atoms with van der Waals surface area (Å²) in [5, 5.41) is 3.00. The van der Waals surface area contributed by atoms with Crippen LogP contribution in [-0.2, 0) is 0 Å². The first kappa shape index (κ1) is 12.4. The zero-order valence-corrected chi connectivity index (χ0v) is 10.1. The average molecular weight is 250 g/mol. The largest absolute Gasteiger partial charge is 0.440 e. The van der Waals surface area contributed by atoms with Gasteiger partial charge < -0.3 is 9.73 Å². The fourth-order valence-corrected chi connectivity index (χ4v) is 1.69. The van der Waals surface area contributed by atoms with E-state index < -0.39 is 0 Å². The Morgan fingerprint density at radius 2 is 2.20 bits per heavy atom. The summed E-state index contributed by atoms with van der Waals surface area (Å²) in [5.74, 6) is -0.0548. The predicted molar refractivity (Wildman–Crippen MR) is 60.6 cm³/mol. The second kappa shape index (κ2) is 5.42. The molecule has 2 unspecified atom stereocenters. The van der Waals surface area contributed by atoms with Crippen LogP contribution in [0.1, 0.15) is 30.8 Å². The van der Waals surface area contributed by atoms with Crippen LogP contribution in [0.4, 0.5) is 0 Å². The molecule has 0 aliphatic carbocycles. The van der Waals surface area contributed by atoms with Crippen molar-refractivity contribution in [1.82, 2.24) is 5.32 Å². The van der Waals surface area contributed by atoms with Crippen molar-refractivity contribution in [2.24, 2.45) is 0 Å². The van der Waals surface area contributed by atoms with Crippen LogP contribution in [0.3, 0.4) is 0 Å². The van der Waals surface area contributed by atoms with E-state index in [1.165, 1.54) is 12.1 Å². The normalized spacial score (nSPS) is 14.7. The number of amides is 1. The van der Waals surface area contributed by atoms with Gasteiger partial charge in [0.25, 0.3) is 5.91 Å². The number of nitrogens with one attached hydrogen (secondary N) is 1. The Labute approximate surface area is 98.7 Å². The molecule has 2 atom stereocenters. The standard InChI is InChI=1S/C10H13Cl2NO2/c1-6(11)5-7(2)13-10(14)8-3-4-9(12)15-8/h3-4,6-7H,5H2,1-2H3,(H,13,14). The van der Waals surface area contributed by atoms with Gasteiger partial charge in [-0.15, -0.1) is 11.6 Å². The molecule has 1 aromatic heterocycles. The van der Waals surface area contributed by atoms with Crippen LogP contribution in [0.2, 0.25) is 5.22 Å². The molecule has 84 valence electrons. The van der Waals surface area contributed by atoms with Crippen LogP contribution >= 0.6 is 23.2 Å². The summed E-state index contributed by atoms with van der Waals surface area (Å²) >= 11 is 11.4. The van der Waals surface area contributed by atoms with Crippen molar-refractivity contribution in [3.63, 3.8) is 0 Å². The summed E-state index contributed by atoms with van der Waals surface area (Å²) in [6.07, 6.45) is 0.710. The monoisotopic (exact) mass is 249 g/mol. The van der Waals surface area contributed by atoms with Crippen LogP contribution < -0.4 is 5.32 Å². The van der Waals surface area contributed by atoms with Crippen LogP contribution in [0.15, 0.2) is 16.5 Å². The van der Waals surface area contributed by atoms with Crippen molar-refractivity contribution >= 4 is 29.1 Å². The Balaban J connectivity index is 2.49. The fraction of sp³-hybridized carbons (Fsp3) is 0.500. The van der Waals surface area contributed by atoms with Gasteiger partial charge in [-0.25, -0.2) is 0 Å². The summed E-state index contributed by atoms with van der Waals surface area (Å²) < 4.78 is 4.97. The summed E-state index contributed by atoms with van der Waals surface area (Å²) in [6.45, 7) is 3.77. The van der Waals surface area contributed by atoms with Crippen LogP contribution in [0.25, 0.3) is 0 Å². The smallest absolute Gasteiger partial charge is 0.287 e. The number of halogens is 2. The van der Waals surface area contributed by atoms with E-state index in [2.05, 4.69) is 5.32 Å². The Morgan fingerprint density at radius 3 is 2.67 bits per heavy atom. The molecular weight excluding hydrogens is 237 g/mol. The lowest BCUT2D eigenvalue weighted by atomic mass is 10.2. The molecule has 0 aromatic carbocycles. The van der Waals surface area contributed by atoms with Crippen molar-refractivity contribution in [2.75, 3.05) is 0 Å².